The Morgan fingerprint density at radius 2 is 1.13 bits per heavy atom. The molecule has 4 nitrogen and oxygen atoms in total. The van der Waals surface area contributed by atoms with Crippen LogP contribution in [0.1, 0.15) is 32.1 Å². The molecule has 0 saturated carbocycles. The Bertz CT molecular complexity index is 254. The summed E-state index contributed by atoms with van der Waals surface area (Å²) in [6.07, 6.45) is 3.80. The fraction of sp³-hybridized carbons (Fsp3) is 0.455. The van der Waals surface area contributed by atoms with Crippen LogP contribution in [0.5, 0.6) is 0 Å². The first-order chi connectivity index (χ1) is 6.95. The van der Waals surface area contributed by atoms with Crippen molar-refractivity contribution in [2.75, 3.05) is 0 Å². The van der Waals surface area contributed by atoms with E-state index in [2.05, 4.69) is 13.2 Å². The zero-order valence-corrected chi connectivity index (χ0v) is 8.92. The molecule has 0 aliphatic rings. The van der Waals surface area contributed by atoms with Gasteiger partial charge < -0.3 is 11.5 Å². The van der Waals surface area contributed by atoms with Crippen LogP contribution in [-0.2, 0) is 9.59 Å². The van der Waals surface area contributed by atoms with E-state index in [0.717, 1.165) is 19.3 Å². The molecule has 2 amide bonds. The van der Waals surface area contributed by atoms with E-state index in [1.807, 2.05) is 0 Å². The quantitative estimate of drug-likeness (QED) is 0.463. The Kier molecular flexibility index (Phi) is 6.09. The minimum absolute atomic E-state index is 0.448. The summed E-state index contributed by atoms with van der Waals surface area (Å²) in [5.41, 5.74) is 10.9. The summed E-state index contributed by atoms with van der Waals surface area (Å²) in [6, 6.07) is 0. The number of hydrogen-bond acceptors (Lipinski definition) is 2. The van der Waals surface area contributed by atoms with Crippen molar-refractivity contribution < 1.29 is 9.59 Å². The van der Waals surface area contributed by atoms with Crippen molar-refractivity contribution in [3.63, 3.8) is 0 Å². The SMILES string of the molecule is C=C(CCCCCC(=C)C(N)=O)C(N)=O. The fourth-order valence-corrected chi connectivity index (χ4v) is 1.10. The fourth-order valence-electron chi connectivity index (χ4n) is 1.10. The van der Waals surface area contributed by atoms with Crippen molar-refractivity contribution in [2.24, 2.45) is 11.5 Å². The summed E-state index contributed by atoms with van der Waals surface area (Å²) in [6.45, 7) is 7.10. The summed E-state index contributed by atoms with van der Waals surface area (Å²) in [7, 11) is 0. The average Bonchev–Trinajstić information content (AvgIpc) is 2.16. The molecule has 0 heterocycles. The molecule has 0 fully saturated rings. The second-order valence-electron chi connectivity index (χ2n) is 3.50. The Morgan fingerprint density at radius 3 is 1.40 bits per heavy atom. The van der Waals surface area contributed by atoms with Crippen LogP contribution in [0.25, 0.3) is 0 Å². The Balaban J connectivity index is 3.48. The van der Waals surface area contributed by atoms with Crippen LogP contribution in [0, 0.1) is 0 Å². The number of carbonyl (C=O) groups excluding carboxylic acids is 2. The van der Waals surface area contributed by atoms with Crippen LogP contribution in [-0.4, -0.2) is 11.8 Å². The van der Waals surface area contributed by atoms with E-state index in [1.165, 1.54) is 0 Å². The van der Waals surface area contributed by atoms with E-state index >= 15 is 0 Å². The molecule has 0 aromatic carbocycles. The second-order valence-corrected chi connectivity index (χ2v) is 3.50. The smallest absolute Gasteiger partial charge is 0.244 e. The molecule has 4 heteroatoms. The van der Waals surface area contributed by atoms with Gasteiger partial charge in [0.05, 0.1) is 0 Å². The maximum absolute atomic E-state index is 10.6. The molecule has 0 atom stereocenters. The molecule has 0 aliphatic carbocycles. The predicted molar refractivity (Wildman–Crippen MR) is 59.8 cm³/mol. The molecule has 0 rings (SSSR count). The molecule has 0 radical (unpaired) electrons. The highest BCUT2D eigenvalue weighted by Crippen LogP contribution is 2.11. The minimum atomic E-state index is -0.448. The molecule has 4 N–H and O–H groups in total. The van der Waals surface area contributed by atoms with Crippen LogP contribution >= 0.6 is 0 Å². The van der Waals surface area contributed by atoms with Gasteiger partial charge >= 0.3 is 0 Å². The van der Waals surface area contributed by atoms with Crippen molar-refractivity contribution in [1.82, 2.24) is 0 Å². The molecule has 0 aromatic rings. The maximum atomic E-state index is 10.6. The monoisotopic (exact) mass is 210 g/mol. The van der Waals surface area contributed by atoms with Gasteiger partial charge in [0.2, 0.25) is 11.8 Å². The standard InChI is InChI=1S/C11H18N2O2/c1-8(10(12)14)6-4-3-5-7-9(2)11(13)15/h1-7H2,(H2,12,14)(H2,13,15). The third kappa shape index (κ3) is 6.49. The number of unbranched alkanes of at least 4 members (excludes halogenated alkanes) is 2. The molecular weight excluding hydrogens is 192 g/mol. The van der Waals surface area contributed by atoms with E-state index in [1.54, 1.807) is 0 Å². The highest BCUT2D eigenvalue weighted by Gasteiger charge is 2.03. The highest BCUT2D eigenvalue weighted by molar-refractivity contribution is 5.91. The largest absolute Gasteiger partial charge is 0.366 e. The first kappa shape index (κ1) is 13.4. The molecule has 15 heavy (non-hydrogen) atoms. The molecule has 0 spiro atoms. The van der Waals surface area contributed by atoms with Gasteiger partial charge in [0, 0.05) is 11.1 Å². The van der Waals surface area contributed by atoms with Crippen LogP contribution in [0.4, 0.5) is 0 Å². The summed E-state index contributed by atoms with van der Waals surface area (Å²) < 4.78 is 0. The minimum Gasteiger partial charge on any atom is -0.366 e. The van der Waals surface area contributed by atoms with E-state index < -0.39 is 11.8 Å². The van der Waals surface area contributed by atoms with Gasteiger partial charge in [-0.25, -0.2) is 0 Å². The zero-order chi connectivity index (χ0) is 11.8. The van der Waals surface area contributed by atoms with Crippen LogP contribution in [0.2, 0.25) is 0 Å². The summed E-state index contributed by atoms with van der Waals surface area (Å²) in [5, 5.41) is 0. The molecular formula is C11H18N2O2. The maximum Gasteiger partial charge on any atom is 0.244 e. The number of primary amides is 2. The molecule has 0 bridgehead atoms. The van der Waals surface area contributed by atoms with Crippen LogP contribution in [0.15, 0.2) is 24.3 Å². The van der Waals surface area contributed by atoms with Crippen molar-refractivity contribution in [2.45, 2.75) is 32.1 Å². The number of nitrogens with two attached hydrogens (primary N) is 2. The Labute approximate surface area is 90.0 Å². The predicted octanol–water partition coefficient (Wildman–Crippen LogP) is 1.02. The van der Waals surface area contributed by atoms with Gasteiger partial charge in [-0.1, -0.05) is 19.6 Å². The highest BCUT2D eigenvalue weighted by atomic mass is 16.1. The first-order valence-corrected chi connectivity index (χ1v) is 4.90. The number of hydrogen-bond donors (Lipinski definition) is 2. The third-order valence-electron chi connectivity index (χ3n) is 2.15. The Morgan fingerprint density at radius 1 is 0.800 bits per heavy atom. The van der Waals surface area contributed by atoms with Crippen LogP contribution in [0.3, 0.4) is 0 Å². The van der Waals surface area contributed by atoms with E-state index in [9.17, 15) is 9.59 Å². The molecule has 84 valence electrons. The number of rotatable bonds is 8. The average molecular weight is 210 g/mol. The van der Waals surface area contributed by atoms with Gasteiger partial charge in [0.15, 0.2) is 0 Å². The summed E-state index contributed by atoms with van der Waals surface area (Å²) >= 11 is 0. The topological polar surface area (TPSA) is 86.2 Å². The first-order valence-electron chi connectivity index (χ1n) is 4.90. The normalized spacial score (nSPS) is 9.60. The van der Waals surface area contributed by atoms with Gasteiger partial charge in [-0.3, -0.25) is 9.59 Å². The molecule has 0 aromatic heterocycles. The van der Waals surface area contributed by atoms with Crippen molar-refractivity contribution >= 4 is 11.8 Å². The van der Waals surface area contributed by atoms with E-state index in [0.29, 0.717) is 24.0 Å². The van der Waals surface area contributed by atoms with Gasteiger partial charge in [-0.05, 0) is 25.7 Å². The van der Waals surface area contributed by atoms with Crippen LogP contribution < -0.4 is 11.5 Å². The number of amides is 2. The lowest BCUT2D eigenvalue weighted by molar-refractivity contribution is -0.115. The second kappa shape index (κ2) is 6.81. The van der Waals surface area contributed by atoms with Crippen molar-refractivity contribution in [3.05, 3.63) is 24.3 Å². The van der Waals surface area contributed by atoms with Gasteiger partial charge in [0.1, 0.15) is 0 Å². The number of carbonyl (C=O) groups is 2. The van der Waals surface area contributed by atoms with Crippen molar-refractivity contribution in [1.29, 1.82) is 0 Å². The lowest BCUT2D eigenvalue weighted by atomic mass is 10.0. The van der Waals surface area contributed by atoms with Gasteiger partial charge in [0.25, 0.3) is 0 Å². The van der Waals surface area contributed by atoms with E-state index in [-0.39, 0.29) is 0 Å². The Hall–Kier alpha value is -1.58. The molecule has 0 unspecified atom stereocenters. The zero-order valence-electron chi connectivity index (χ0n) is 8.92. The van der Waals surface area contributed by atoms with Gasteiger partial charge in [-0.15, -0.1) is 0 Å². The lowest BCUT2D eigenvalue weighted by Gasteiger charge is -2.02. The van der Waals surface area contributed by atoms with Gasteiger partial charge in [-0.2, -0.15) is 0 Å². The molecule has 0 saturated heterocycles. The molecule has 0 aliphatic heterocycles. The lowest BCUT2D eigenvalue weighted by Crippen LogP contribution is -2.13. The summed E-state index contributed by atoms with van der Waals surface area (Å²) in [4.78, 5) is 21.2. The summed E-state index contributed by atoms with van der Waals surface area (Å²) in [5.74, 6) is -0.895. The van der Waals surface area contributed by atoms with E-state index in [4.69, 9.17) is 11.5 Å². The third-order valence-corrected chi connectivity index (χ3v) is 2.15. The van der Waals surface area contributed by atoms with Crippen molar-refractivity contribution in [3.8, 4) is 0 Å².